The largest absolute Gasteiger partial charge is 0.494 e. The molecule has 1 heterocycles. The first-order valence-corrected chi connectivity index (χ1v) is 6.61. The van der Waals surface area contributed by atoms with Gasteiger partial charge in [-0.05, 0) is 49.2 Å². The summed E-state index contributed by atoms with van der Waals surface area (Å²) in [6.45, 7) is 4.70. The first kappa shape index (κ1) is 14.1. The molecule has 4 nitrogen and oxygen atoms in total. The number of ether oxygens (including phenoxy) is 2. The van der Waals surface area contributed by atoms with Gasteiger partial charge in [0, 0.05) is 6.20 Å². The second-order valence-electron chi connectivity index (χ2n) is 4.11. The molecule has 0 bridgehead atoms. The van der Waals surface area contributed by atoms with Gasteiger partial charge >= 0.3 is 5.97 Å². The standard InChI is InChI=1S/C16H17NO3/c1-3-19-14-7-5-12(6-8-14)13-9-10-17-15(11-13)16(18)20-4-2/h5-11H,3-4H2,1-2H3. The number of aromatic nitrogens is 1. The SMILES string of the molecule is CCOC(=O)c1cc(-c2ccc(OCC)cc2)ccn1. The van der Waals surface area contributed by atoms with Crippen LogP contribution in [0.4, 0.5) is 0 Å². The van der Waals surface area contributed by atoms with Crippen LogP contribution in [0.3, 0.4) is 0 Å². The fourth-order valence-corrected chi connectivity index (χ4v) is 1.84. The Labute approximate surface area is 118 Å². The minimum absolute atomic E-state index is 0.318. The predicted octanol–water partition coefficient (Wildman–Crippen LogP) is 3.32. The molecule has 0 radical (unpaired) electrons. The number of nitrogens with zero attached hydrogens (tertiary/aromatic N) is 1. The van der Waals surface area contributed by atoms with Gasteiger partial charge in [-0.3, -0.25) is 0 Å². The highest BCUT2D eigenvalue weighted by molar-refractivity contribution is 5.88. The van der Waals surface area contributed by atoms with Crippen molar-refractivity contribution in [3.63, 3.8) is 0 Å². The maximum atomic E-state index is 11.7. The number of carbonyl (C=O) groups is 1. The molecule has 2 aromatic rings. The molecular formula is C16H17NO3. The first-order chi connectivity index (χ1) is 9.74. The van der Waals surface area contributed by atoms with E-state index in [0.717, 1.165) is 16.9 Å². The highest BCUT2D eigenvalue weighted by Crippen LogP contribution is 2.22. The van der Waals surface area contributed by atoms with Gasteiger partial charge in [0.05, 0.1) is 13.2 Å². The number of benzene rings is 1. The third-order valence-electron chi connectivity index (χ3n) is 2.74. The van der Waals surface area contributed by atoms with E-state index in [2.05, 4.69) is 4.98 Å². The molecule has 0 saturated carbocycles. The molecule has 0 aliphatic heterocycles. The molecule has 0 aliphatic carbocycles. The van der Waals surface area contributed by atoms with Crippen LogP contribution in [0.1, 0.15) is 24.3 Å². The molecule has 104 valence electrons. The lowest BCUT2D eigenvalue weighted by atomic mass is 10.1. The maximum Gasteiger partial charge on any atom is 0.356 e. The number of hydrogen-bond donors (Lipinski definition) is 0. The fourth-order valence-electron chi connectivity index (χ4n) is 1.84. The van der Waals surface area contributed by atoms with E-state index in [-0.39, 0.29) is 0 Å². The van der Waals surface area contributed by atoms with Crippen LogP contribution >= 0.6 is 0 Å². The fraction of sp³-hybridized carbons (Fsp3) is 0.250. The molecule has 1 aromatic carbocycles. The van der Waals surface area contributed by atoms with Crippen molar-refractivity contribution in [2.45, 2.75) is 13.8 Å². The Morgan fingerprint density at radius 2 is 1.80 bits per heavy atom. The van der Waals surface area contributed by atoms with Crippen molar-refractivity contribution in [3.8, 4) is 16.9 Å². The lowest BCUT2D eigenvalue weighted by Gasteiger charge is -2.06. The average molecular weight is 271 g/mol. The highest BCUT2D eigenvalue weighted by atomic mass is 16.5. The summed E-state index contributed by atoms with van der Waals surface area (Å²) in [4.78, 5) is 15.7. The number of carbonyl (C=O) groups excluding carboxylic acids is 1. The van der Waals surface area contributed by atoms with Gasteiger partial charge in [0.25, 0.3) is 0 Å². The van der Waals surface area contributed by atoms with E-state index < -0.39 is 5.97 Å². The second-order valence-corrected chi connectivity index (χ2v) is 4.11. The summed E-state index contributed by atoms with van der Waals surface area (Å²) >= 11 is 0. The lowest BCUT2D eigenvalue weighted by molar-refractivity contribution is 0.0519. The van der Waals surface area contributed by atoms with Gasteiger partial charge in [0.1, 0.15) is 11.4 Å². The van der Waals surface area contributed by atoms with E-state index in [1.807, 2.05) is 37.3 Å². The molecule has 0 fully saturated rings. The van der Waals surface area contributed by atoms with Crippen molar-refractivity contribution in [3.05, 3.63) is 48.3 Å². The van der Waals surface area contributed by atoms with Crippen LogP contribution in [0.5, 0.6) is 5.75 Å². The van der Waals surface area contributed by atoms with E-state index in [4.69, 9.17) is 9.47 Å². The van der Waals surface area contributed by atoms with Crippen molar-refractivity contribution in [1.29, 1.82) is 0 Å². The Hall–Kier alpha value is -2.36. The molecule has 0 saturated heterocycles. The van der Waals surface area contributed by atoms with Gasteiger partial charge in [0.2, 0.25) is 0 Å². The Balaban J connectivity index is 2.24. The Morgan fingerprint density at radius 1 is 1.05 bits per heavy atom. The van der Waals surface area contributed by atoms with Gasteiger partial charge in [-0.1, -0.05) is 12.1 Å². The lowest BCUT2D eigenvalue weighted by Crippen LogP contribution is -2.06. The zero-order valence-corrected chi connectivity index (χ0v) is 11.6. The second kappa shape index (κ2) is 6.70. The summed E-state index contributed by atoms with van der Waals surface area (Å²) in [6.07, 6.45) is 1.61. The Kier molecular flexibility index (Phi) is 4.71. The number of rotatable bonds is 5. The van der Waals surface area contributed by atoms with Crippen LogP contribution in [0, 0.1) is 0 Å². The van der Waals surface area contributed by atoms with Crippen LogP contribution in [0.25, 0.3) is 11.1 Å². The van der Waals surface area contributed by atoms with Gasteiger partial charge in [-0.25, -0.2) is 9.78 Å². The highest BCUT2D eigenvalue weighted by Gasteiger charge is 2.09. The third-order valence-corrected chi connectivity index (χ3v) is 2.74. The Bertz CT molecular complexity index is 579. The molecule has 0 unspecified atom stereocenters. The van der Waals surface area contributed by atoms with Gasteiger partial charge in [-0.15, -0.1) is 0 Å². The van der Waals surface area contributed by atoms with Crippen LogP contribution in [-0.4, -0.2) is 24.2 Å². The first-order valence-electron chi connectivity index (χ1n) is 6.61. The summed E-state index contributed by atoms with van der Waals surface area (Å²) in [5.41, 5.74) is 2.24. The van der Waals surface area contributed by atoms with Crippen molar-refractivity contribution in [1.82, 2.24) is 4.98 Å². The van der Waals surface area contributed by atoms with E-state index in [9.17, 15) is 4.79 Å². The summed E-state index contributed by atoms with van der Waals surface area (Å²) in [7, 11) is 0. The molecule has 0 amide bonds. The monoisotopic (exact) mass is 271 g/mol. The van der Waals surface area contributed by atoms with Crippen LogP contribution in [0.15, 0.2) is 42.6 Å². The molecule has 2 rings (SSSR count). The molecule has 0 spiro atoms. The van der Waals surface area contributed by atoms with E-state index in [1.165, 1.54) is 0 Å². The molecular weight excluding hydrogens is 254 g/mol. The topological polar surface area (TPSA) is 48.4 Å². The molecule has 1 aromatic heterocycles. The van der Waals surface area contributed by atoms with E-state index in [0.29, 0.717) is 18.9 Å². The third kappa shape index (κ3) is 3.35. The van der Waals surface area contributed by atoms with Crippen LogP contribution in [0.2, 0.25) is 0 Å². The molecule has 0 N–H and O–H groups in total. The van der Waals surface area contributed by atoms with Crippen molar-refractivity contribution >= 4 is 5.97 Å². The summed E-state index contributed by atoms with van der Waals surface area (Å²) in [5.74, 6) is 0.427. The quantitative estimate of drug-likeness (QED) is 0.783. The van der Waals surface area contributed by atoms with Crippen LogP contribution < -0.4 is 4.74 Å². The summed E-state index contributed by atoms with van der Waals surface area (Å²) < 4.78 is 10.4. The average Bonchev–Trinajstić information content (AvgIpc) is 2.49. The van der Waals surface area contributed by atoms with Gasteiger partial charge in [-0.2, -0.15) is 0 Å². The van der Waals surface area contributed by atoms with Crippen molar-refractivity contribution in [2.24, 2.45) is 0 Å². The molecule has 4 heteroatoms. The van der Waals surface area contributed by atoms with Crippen molar-refractivity contribution < 1.29 is 14.3 Å². The maximum absolute atomic E-state index is 11.7. The summed E-state index contributed by atoms with van der Waals surface area (Å²) in [6, 6.07) is 11.3. The molecule has 20 heavy (non-hydrogen) atoms. The van der Waals surface area contributed by atoms with Gasteiger partial charge < -0.3 is 9.47 Å². The zero-order chi connectivity index (χ0) is 14.4. The number of hydrogen-bond acceptors (Lipinski definition) is 4. The van der Waals surface area contributed by atoms with E-state index in [1.54, 1.807) is 19.2 Å². The minimum Gasteiger partial charge on any atom is -0.494 e. The normalized spacial score (nSPS) is 10.1. The molecule has 0 atom stereocenters. The van der Waals surface area contributed by atoms with Gasteiger partial charge in [0.15, 0.2) is 0 Å². The predicted molar refractivity (Wildman–Crippen MR) is 76.8 cm³/mol. The summed E-state index contributed by atoms with van der Waals surface area (Å²) in [5, 5.41) is 0. The Morgan fingerprint density at radius 3 is 2.45 bits per heavy atom. The van der Waals surface area contributed by atoms with Crippen LogP contribution in [-0.2, 0) is 4.74 Å². The number of pyridine rings is 1. The minimum atomic E-state index is -0.403. The smallest absolute Gasteiger partial charge is 0.356 e. The number of esters is 1. The molecule has 0 aliphatic rings. The zero-order valence-electron chi connectivity index (χ0n) is 11.6. The van der Waals surface area contributed by atoms with E-state index >= 15 is 0 Å². The van der Waals surface area contributed by atoms with Crippen molar-refractivity contribution in [2.75, 3.05) is 13.2 Å².